The van der Waals surface area contributed by atoms with E-state index in [0.29, 0.717) is 49.9 Å². The molecule has 2 aromatic carbocycles. The van der Waals surface area contributed by atoms with Crippen LogP contribution in [-0.2, 0) is 9.59 Å². The lowest BCUT2D eigenvalue weighted by molar-refractivity contribution is -0.122. The number of phenols is 1. The Kier molecular flexibility index (Phi) is 8.37. The number of thioether (sulfide) groups is 1. The first-order valence-corrected chi connectivity index (χ1v) is 11.6. The van der Waals surface area contributed by atoms with Crippen molar-refractivity contribution in [1.82, 2.24) is 4.90 Å². The number of carbonyl (C=O) groups excluding carboxylic acids is 2. The molecule has 2 aromatic rings. The Morgan fingerprint density at radius 1 is 1.10 bits per heavy atom. The molecule has 1 heterocycles. The van der Waals surface area contributed by atoms with E-state index in [1.54, 1.807) is 47.4 Å². The first-order valence-electron chi connectivity index (χ1n) is 9.63. The number of benzene rings is 2. The minimum absolute atomic E-state index is 0.0477. The van der Waals surface area contributed by atoms with Crippen LogP contribution in [0.3, 0.4) is 0 Å². The van der Waals surface area contributed by atoms with Crippen molar-refractivity contribution in [1.29, 1.82) is 0 Å². The quantitative estimate of drug-likeness (QED) is 0.263. The van der Waals surface area contributed by atoms with Gasteiger partial charge in [0.25, 0.3) is 5.91 Å². The van der Waals surface area contributed by atoms with E-state index >= 15 is 0 Å². The van der Waals surface area contributed by atoms with E-state index in [1.165, 1.54) is 17.8 Å². The van der Waals surface area contributed by atoms with Gasteiger partial charge in [-0.25, -0.2) is 0 Å². The second-order valence-electron chi connectivity index (χ2n) is 6.90. The highest BCUT2D eigenvalue weighted by molar-refractivity contribution is 8.26. The minimum Gasteiger partial charge on any atom is -0.507 e. The Morgan fingerprint density at radius 2 is 1.81 bits per heavy atom. The van der Waals surface area contributed by atoms with Crippen molar-refractivity contribution in [2.45, 2.75) is 25.7 Å². The normalized spacial score (nSPS) is 15.0. The van der Waals surface area contributed by atoms with Crippen LogP contribution in [0.5, 0.6) is 5.75 Å². The van der Waals surface area contributed by atoms with Crippen molar-refractivity contribution in [3.63, 3.8) is 0 Å². The number of nitrogens with zero attached hydrogens (tertiary/aromatic N) is 1. The number of amides is 2. The maximum absolute atomic E-state index is 12.7. The summed E-state index contributed by atoms with van der Waals surface area (Å²) in [4.78, 5) is 26.7. The number of thiocarbonyl (C=S) groups is 1. The van der Waals surface area contributed by atoms with Crippen LogP contribution in [0.15, 0.2) is 47.4 Å². The average molecular weight is 495 g/mol. The summed E-state index contributed by atoms with van der Waals surface area (Å²) in [5, 5.41) is 13.9. The fourth-order valence-corrected chi connectivity index (χ4v) is 4.57. The van der Waals surface area contributed by atoms with Gasteiger partial charge in [0.2, 0.25) is 5.91 Å². The van der Waals surface area contributed by atoms with Crippen molar-refractivity contribution >= 4 is 75.1 Å². The highest BCUT2D eigenvalue weighted by Gasteiger charge is 2.31. The molecule has 0 bridgehead atoms. The third kappa shape index (κ3) is 6.71. The fourth-order valence-electron chi connectivity index (χ4n) is 2.96. The predicted molar refractivity (Wildman–Crippen MR) is 132 cm³/mol. The average Bonchev–Trinajstić information content (AvgIpc) is 2.99. The summed E-state index contributed by atoms with van der Waals surface area (Å²) in [6.07, 6.45) is 4.23. The molecule has 9 heteroatoms. The molecule has 2 N–H and O–H groups in total. The van der Waals surface area contributed by atoms with E-state index in [0.717, 1.165) is 12.8 Å². The number of nitrogens with one attached hydrogen (secondary N) is 1. The van der Waals surface area contributed by atoms with Gasteiger partial charge in [0.15, 0.2) is 0 Å². The second kappa shape index (κ2) is 11.0. The Labute approximate surface area is 200 Å². The standard InChI is InChI=1S/C22H20Cl2N2O3S2/c23-15-5-8-17(9-6-15)25-20(28)4-2-1-3-11-26-21(29)19(31-22(26)30)13-14-12-16(24)7-10-18(14)27/h5-10,12-13,27H,1-4,11H2,(H,25,28)/b19-13-. The molecule has 31 heavy (non-hydrogen) atoms. The van der Waals surface area contributed by atoms with E-state index in [2.05, 4.69) is 5.32 Å². The summed E-state index contributed by atoms with van der Waals surface area (Å²) in [6, 6.07) is 11.6. The van der Waals surface area contributed by atoms with Crippen LogP contribution in [0.25, 0.3) is 6.08 Å². The number of hydrogen-bond acceptors (Lipinski definition) is 5. The lowest BCUT2D eigenvalue weighted by Crippen LogP contribution is -2.29. The zero-order valence-corrected chi connectivity index (χ0v) is 19.6. The largest absolute Gasteiger partial charge is 0.507 e. The Bertz CT molecular complexity index is 1030. The maximum Gasteiger partial charge on any atom is 0.266 e. The highest BCUT2D eigenvalue weighted by atomic mass is 35.5. The van der Waals surface area contributed by atoms with Crippen molar-refractivity contribution in [2.75, 3.05) is 11.9 Å². The summed E-state index contributed by atoms with van der Waals surface area (Å²) in [5.41, 5.74) is 1.18. The molecule has 1 aliphatic rings. The van der Waals surface area contributed by atoms with Gasteiger partial charge < -0.3 is 10.4 Å². The molecule has 5 nitrogen and oxygen atoms in total. The van der Waals surface area contributed by atoms with Gasteiger partial charge in [0.05, 0.1) is 4.91 Å². The van der Waals surface area contributed by atoms with Crippen LogP contribution in [0.2, 0.25) is 10.0 Å². The molecule has 0 aliphatic carbocycles. The molecule has 2 amide bonds. The molecule has 0 unspecified atom stereocenters. The predicted octanol–water partition coefficient (Wildman–Crippen LogP) is 6.10. The van der Waals surface area contributed by atoms with E-state index in [-0.39, 0.29) is 17.6 Å². The number of halogens is 2. The van der Waals surface area contributed by atoms with Gasteiger partial charge in [-0.15, -0.1) is 0 Å². The number of hydrogen-bond donors (Lipinski definition) is 2. The van der Waals surface area contributed by atoms with E-state index < -0.39 is 0 Å². The van der Waals surface area contributed by atoms with Gasteiger partial charge in [-0.05, 0) is 61.4 Å². The van der Waals surface area contributed by atoms with Crippen LogP contribution in [0.1, 0.15) is 31.2 Å². The Morgan fingerprint density at radius 3 is 2.55 bits per heavy atom. The molecule has 0 aromatic heterocycles. The number of phenolic OH excluding ortho intramolecular Hbond substituents is 1. The lowest BCUT2D eigenvalue weighted by Gasteiger charge is -2.14. The van der Waals surface area contributed by atoms with Crippen molar-refractivity contribution in [2.24, 2.45) is 0 Å². The lowest BCUT2D eigenvalue weighted by atomic mass is 10.1. The first-order chi connectivity index (χ1) is 14.8. The van der Waals surface area contributed by atoms with E-state index in [1.807, 2.05) is 0 Å². The Hall–Kier alpha value is -2.06. The summed E-state index contributed by atoms with van der Waals surface area (Å²) in [6.45, 7) is 0.488. The van der Waals surface area contributed by atoms with Gasteiger partial charge in [-0.1, -0.05) is 53.6 Å². The molecule has 1 saturated heterocycles. The number of rotatable bonds is 8. The van der Waals surface area contributed by atoms with Gasteiger partial charge in [-0.3, -0.25) is 14.5 Å². The maximum atomic E-state index is 12.7. The molecule has 1 fully saturated rings. The third-order valence-corrected chi connectivity index (χ3v) is 6.43. The summed E-state index contributed by atoms with van der Waals surface area (Å²) < 4.78 is 0.484. The van der Waals surface area contributed by atoms with Crippen LogP contribution < -0.4 is 5.32 Å². The van der Waals surface area contributed by atoms with Gasteiger partial charge in [-0.2, -0.15) is 0 Å². The van der Waals surface area contributed by atoms with Gasteiger partial charge in [0.1, 0.15) is 10.1 Å². The molecule has 0 radical (unpaired) electrons. The second-order valence-corrected chi connectivity index (χ2v) is 9.45. The summed E-state index contributed by atoms with van der Waals surface area (Å²) in [5.74, 6) is -0.196. The van der Waals surface area contributed by atoms with E-state index in [9.17, 15) is 14.7 Å². The minimum atomic E-state index is -0.185. The molecular weight excluding hydrogens is 475 g/mol. The monoisotopic (exact) mass is 494 g/mol. The number of anilines is 1. The highest BCUT2D eigenvalue weighted by Crippen LogP contribution is 2.34. The van der Waals surface area contributed by atoms with Crippen molar-refractivity contribution < 1.29 is 14.7 Å². The molecule has 162 valence electrons. The van der Waals surface area contributed by atoms with Crippen LogP contribution >= 0.6 is 47.2 Å². The smallest absolute Gasteiger partial charge is 0.266 e. The van der Waals surface area contributed by atoms with Crippen molar-refractivity contribution in [3.05, 3.63) is 63.0 Å². The third-order valence-electron chi connectivity index (χ3n) is 4.56. The fraction of sp³-hybridized carbons (Fsp3) is 0.227. The first kappa shape index (κ1) is 23.6. The van der Waals surface area contributed by atoms with E-state index in [4.69, 9.17) is 35.4 Å². The van der Waals surface area contributed by atoms with Crippen LogP contribution in [-0.4, -0.2) is 32.7 Å². The molecule has 0 spiro atoms. The number of unbranched alkanes of at least 4 members (excludes halogenated alkanes) is 2. The van der Waals surface area contributed by atoms with Crippen LogP contribution in [0.4, 0.5) is 5.69 Å². The summed E-state index contributed by atoms with van der Waals surface area (Å²) >= 11 is 18.3. The van der Waals surface area contributed by atoms with Crippen molar-refractivity contribution in [3.8, 4) is 5.75 Å². The summed E-state index contributed by atoms with van der Waals surface area (Å²) in [7, 11) is 0. The number of aromatic hydroxyl groups is 1. The molecule has 0 saturated carbocycles. The molecule has 0 atom stereocenters. The van der Waals surface area contributed by atoms with Crippen LogP contribution in [0, 0.1) is 0 Å². The van der Waals surface area contributed by atoms with Gasteiger partial charge in [0, 0.05) is 34.3 Å². The molecular formula is C22H20Cl2N2O3S2. The molecule has 3 rings (SSSR count). The molecule has 1 aliphatic heterocycles. The van der Waals surface area contributed by atoms with Gasteiger partial charge >= 0.3 is 0 Å². The SMILES string of the molecule is O=C(CCCCCN1C(=O)/C(=C/c2cc(Cl)ccc2O)SC1=S)Nc1ccc(Cl)cc1. The topological polar surface area (TPSA) is 69.6 Å². The zero-order chi connectivity index (χ0) is 22.4. The zero-order valence-electron chi connectivity index (χ0n) is 16.4. The number of carbonyl (C=O) groups is 2. The Balaban J connectivity index is 1.44.